The van der Waals surface area contributed by atoms with E-state index in [0.29, 0.717) is 12.0 Å². The van der Waals surface area contributed by atoms with Gasteiger partial charge in [-0.1, -0.05) is 13.8 Å². The lowest BCUT2D eigenvalue weighted by molar-refractivity contribution is 0.0731. The summed E-state index contributed by atoms with van der Waals surface area (Å²) < 4.78 is 11.1. The van der Waals surface area contributed by atoms with Crippen LogP contribution in [0.4, 0.5) is 5.69 Å². The lowest BCUT2D eigenvalue weighted by atomic mass is 9.89. The Bertz CT molecular complexity index is 1310. The van der Waals surface area contributed by atoms with E-state index in [1.807, 2.05) is 6.07 Å². The van der Waals surface area contributed by atoms with Gasteiger partial charge >= 0.3 is 0 Å². The first-order valence-corrected chi connectivity index (χ1v) is 16.4. The van der Waals surface area contributed by atoms with Crippen LogP contribution in [-0.2, 0) is 0 Å². The highest BCUT2D eigenvalue weighted by Gasteiger charge is 2.29. The van der Waals surface area contributed by atoms with Gasteiger partial charge in [0.2, 0.25) is 0 Å². The van der Waals surface area contributed by atoms with Crippen molar-refractivity contribution in [3.05, 3.63) is 42.0 Å². The highest BCUT2D eigenvalue weighted by Crippen LogP contribution is 2.40. The molecule has 2 saturated heterocycles. The molecule has 0 bridgehead atoms. The van der Waals surface area contributed by atoms with Crippen LogP contribution in [0.3, 0.4) is 0 Å². The molecule has 228 valence electrons. The molecule has 0 unspecified atom stereocenters. The monoisotopic (exact) mass is 573 g/mol. The molecular formula is C35H51N5O2. The average Bonchev–Trinajstić information content (AvgIpc) is 3.68. The van der Waals surface area contributed by atoms with E-state index in [1.54, 1.807) is 14.2 Å². The molecule has 3 aliphatic rings. The van der Waals surface area contributed by atoms with Gasteiger partial charge in [-0.15, -0.1) is 0 Å². The Morgan fingerprint density at radius 3 is 2.17 bits per heavy atom. The van der Waals surface area contributed by atoms with Crippen molar-refractivity contribution in [2.45, 2.75) is 70.4 Å². The zero-order valence-electron chi connectivity index (χ0n) is 26.3. The fourth-order valence-electron chi connectivity index (χ4n) is 7.58. The van der Waals surface area contributed by atoms with Crippen LogP contribution >= 0.6 is 0 Å². The predicted molar refractivity (Wildman–Crippen MR) is 174 cm³/mol. The van der Waals surface area contributed by atoms with Crippen molar-refractivity contribution in [3.63, 3.8) is 0 Å². The first-order chi connectivity index (χ1) is 20.5. The second kappa shape index (κ2) is 13.3. The molecule has 7 heteroatoms. The summed E-state index contributed by atoms with van der Waals surface area (Å²) in [6, 6.07) is 14.3. The number of aromatic amines is 1. The molecule has 2 N–H and O–H groups in total. The van der Waals surface area contributed by atoms with Gasteiger partial charge in [-0.3, -0.25) is 9.80 Å². The van der Waals surface area contributed by atoms with E-state index < -0.39 is 0 Å². The van der Waals surface area contributed by atoms with Crippen molar-refractivity contribution < 1.29 is 9.47 Å². The number of benzene rings is 2. The van der Waals surface area contributed by atoms with Crippen molar-refractivity contribution in [2.24, 2.45) is 0 Å². The molecule has 7 nitrogen and oxygen atoms in total. The number of hydrogen-bond donors (Lipinski definition) is 2. The molecule has 3 aromatic rings. The van der Waals surface area contributed by atoms with Crippen LogP contribution in [0.2, 0.25) is 0 Å². The second-order valence-electron chi connectivity index (χ2n) is 13.0. The predicted octanol–water partition coefficient (Wildman–Crippen LogP) is 6.41. The molecule has 1 aliphatic carbocycles. The number of methoxy groups -OCH3 is 2. The average molecular weight is 574 g/mol. The summed E-state index contributed by atoms with van der Waals surface area (Å²) in [5.41, 5.74) is 6.04. The molecule has 6 rings (SSSR count). The van der Waals surface area contributed by atoms with Gasteiger partial charge in [0, 0.05) is 73.5 Å². The Labute approximate surface area is 252 Å². The van der Waals surface area contributed by atoms with Gasteiger partial charge in [0.15, 0.2) is 11.5 Å². The molecule has 1 aromatic heterocycles. The van der Waals surface area contributed by atoms with E-state index in [2.05, 4.69) is 69.2 Å². The van der Waals surface area contributed by atoms with Gasteiger partial charge in [-0.25, -0.2) is 0 Å². The minimum Gasteiger partial charge on any atom is -0.493 e. The number of likely N-dealkylation sites (tertiary alicyclic amines) is 1. The summed E-state index contributed by atoms with van der Waals surface area (Å²) in [5.74, 6) is 1.88. The quantitative estimate of drug-likeness (QED) is 0.292. The maximum absolute atomic E-state index is 5.60. The van der Waals surface area contributed by atoms with Gasteiger partial charge in [0.25, 0.3) is 0 Å². The fraction of sp³-hybridized carbons (Fsp3) is 0.600. The van der Waals surface area contributed by atoms with Gasteiger partial charge in [0.05, 0.1) is 19.9 Å². The summed E-state index contributed by atoms with van der Waals surface area (Å²) >= 11 is 0. The van der Waals surface area contributed by atoms with Crippen LogP contribution in [0, 0.1) is 0 Å². The van der Waals surface area contributed by atoms with E-state index in [-0.39, 0.29) is 0 Å². The molecule has 42 heavy (non-hydrogen) atoms. The number of hydrogen-bond acceptors (Lipinski definition) is 6. The summed E-state index contributed by atoms with van der Waals surface area (Å²) in [7, 11) is 3.37. The van der Waals surface area contributed by atoms with Crippen molar-refractivity contribution in [1.29, 1.82) is 0 Å². The van der Waals surface area contributed by atoms with E-state index >= 15 is 0 Å². The number of nitrogens with one attached hydrogen (secondary N) is 2. The number of piperazine rings is 1. The SMILES string of the molecule is COc1ccc(-c2[nH]c3ccc(NC4CCC(N5CCN(CCN6CCCC6)CC5)CC4)cc3c2C(C)C)cc1OC. The van der Waals surface area contributed by atoms with E-state index in [4.69, 9.17) is 9.47 Å². The summed E-state index contributed by atoms with van der Waals surface area (Å²) in [6.07, 6.45) is 7.90. The zero-order chi connectivity index (χ0) is 29.1. The molecule has 2 aromatic carbocycles. The van der Waals surface area contributed by atoms with Gasteiger partial charge in [-0.05, 0) is 99.5 Å². The standard InChI is InChI=1S/C35H51N5O2/c1-25(2)34-30-24-28(10-13-31(30)37-35(34)26-7-14-32(41-3)33(23-26)42-4)36-27-8-11-29(12-9-27)40-21-19-39(20-22-40)18-17-38-15-5-6-16-38/h7,10,13-14,23-25,27,29,36-37H,5-6,8-9,11-12,15-22H2,1-4H3. The van der Waals surface area contributed by atoms with Crippen LogP contribution in [-0.4, -0.2) is 98.3 Å². The number of rotatable bonds is 10. The summed E-state index contributed by atoms with van der Waals surface area (Å²) in [6.45, 7) is 14.7. The molecule has 1 saturated carbocycles. The van der Waals surface area contributed by atoms with Crippen LogP contribution < -0.4 is 14.8 Å². The first kappa shape index (κ1) is 29.3. The second-order valence-corrected chi connectivity index (χ2v) is 13.0. The largest absolute Gasteiger partial charge is 0.493 e. The summed E-state index contributed by atoms with van der Waals surface area (Å²) in [5, 5.41) is 5.22. The number of nitrogens with zero attached hydrogens (tertiary/aromatic N) is 3. The lowest BCUT2D eigenvalue weighted by Gasteiger charge is -2.42. The molecule has 0 amide bonds. The Hall–Kier alpha value is -2.74. The minimum absolute atomic E-state index is 0.383. The van der Waals surface area contributed by atoms with Gasteiger partial charge < -0.3 is 24.7 Å². The number of anilines is 1. The smallest absolute Gasteiger partial charge is 0.161 e. The van der Waals surface area contributed by atoms with Crippen LogP contribution in [0.5, 0.6) is 11.5 Å². The number of aromatic nitrogens is 1. The molecule has 0 radical (unpaired) electrons. The third-order valence-electron chi connectivity index (χ3n) is 10.0. The molecule has 2 aliphatic heterocycles. The van der Waals surface area contributed by atoms with Crippen LogP contribution in [0.1, 0.15) is 63.9 Å². The van der Waals surface area contributed by atoms with Crippen LogP contribution in [0.25, 0.3) is 22.2 Å². The molecule has 0 atom stereocenters. The first-order valence-electron chi connectivity index (χ1n) is 16.4. The number of H-pyrrole nitrogens is 1. The Morgan fingerprint density at radius 1 is 0.810 bits per heavy atom. The van der Waals surface area contributed by atoms with E-state index in [1.165, 1.54) is 113 Å². The van der Waals surface area contributed by atoms with Crippen molar-refractivity contribution in [1.82, 2.24) is 19.7 Å². The number of fused-ring (bicyclic) bond motifs is 1. The van der Waals surface area contributed by atoms with Gasteiger partial charge in [0.1, 0.15) is 0 Å². The van der Waals surface area contributed by atoms with Crippen molar-refractivity contribution >= 4 is 16.6 Å². The molecule has 0 spiro atoms. The molecular weight excluding hydrogens is 522 g/mol. The minimum atomic E-state index is 0.383. The Morgan fingerprint density at radius 2 is 1.50 bits per heavy atom. The third kappa shape index (κ3) is 6.43. The molecule has 3 heterocycles. The van der Waals surface area contributed by atoms with Crippen molar-refractivity contribution in [2.75, 3.05) is 71.9 Å². The van der Waals surface area contributed by atoms with E-state index in [0.717, 1.165) is 28.8 Å². The zero-order valence-corrected chi connectivity index (χ0v) is 26.3. The maximum atomic E-state index is 5.60. The Kier molecular flexibility index (Phi) is 9.27. The highest BCUT2D eigenvalue weighted by molar-refractivity contribution is 5.93. The fourth-order valence-corrected chi connectivity index (χ4v) is 7.58. The topological polar surface area (TPSA) is 56.0 Å². The normalized spacial score (nSPS) is 22.7. The Balaban J connectivity index is 1.06. The highest BCUT2D eigenvalue weighted by atomic mass is 16.5. The maximum Gasteiger partial charge on any atom is 0.161 e. The van der Waals surface area contributed by atoms with E-state index in [9.17, 15) is 0 Å². The van der Waals surface area contributed by atoms with Crippen LogP contribution in [0.15, 0.2) is 36.4 Å². The lowest BCUT2D eigenvalue weighted by Crippen LogP contribution is -2.52. The third-order valence-corrected chi connectivity index (χ3v) is 10.0. The van der Waals surface area contributed by atoms with Crippen molar-refractivity contribution in [3.8, 4) is 22.8 Å². The van der Waals surface area contributed by atoms with Gasteiger partial charge in [-0.2, -0.15) is 0 Å². The summed E-state index contributed by atoms with van der Waals surface area (Å²) in [4.78, 5) is 11.8. The molecule has 3 fully saturated rings. The number of ether oxygens (including phenoxy) is 2.